The highest BCUT2D eigenvalue weighted by atomic mass is 16.2. The molecule has 1 saturated heterocycles. The number of carbonyl (C=O) groups is 2. The molecule has 2 aliphatic rings. The van der Waals surface area contributed by atoms with Gasteiger partial charge in [-0.05, 0) is 50.5 Å². The van der Waals surface area contributed by atoms with Crippen LogP contribution in [-0.2, 0) is 9.59 Å². The Morgan fingerprint density at radius 2 is 1.50 bits per heavy atom. The van der Waals surface area contributed by atoms with Crippen LogP contribution in [-0.4, -0.2) is 63.8 Å². The predicted octanol–water partition coefficient (Wildman–Crippen LogP) is 2.40. The minimum absolute atomic E-state index is 0.192. The number of aromatic nitrogens is 2. The van der Waals surface area contributed by atoms with E-state index in [1.807, 2.05) is 50.8 Å². The van der Waals surface area contributed by atoms with Crippen molar-refractivity contribution in [1.82, 2.24) is 19.8 Å². The number of aryl methyl sites for hydroxylation is 2. The van der Waals surface area contributed by atoms with E-state index in [9.17, 15) is 9.59 Å². The van der Waals surface area contributed by atoms with Crippen LogP contribution in [0.1, 0.15) is 30.5 Å². The van der Waals surface area contributed by atoms with Crippen LogP contribution >= 0.6 is 0 Å². The first-order valence-corrected chi connectivity index (χ1v) is 10.3. The Morgan fingerprint density at radius 3 is 2.10 bits per heavy atom. The topological polar surface area (TPSA) is 69.6 Å². The van der Waals surface area contributed by atoms with E-state index in [2.05, 4.69) is 14.9 Å². The van der Waals surface area contributed by atoms with Gasteiger partial charge in [0.05, 0.1) is 5.57 Å². The third kappa shape index (κ3) is 3.44. The summed E-state index contributed by atoms with van der Waals surface area (Å²) in [7, 11) is 0. The summed E-state index contributed by atoms with van der Waals surface area (Å²) in [4.78, 5) is 40.8. The standard InChI is InChI=1S/C23H27N5O2/c1-15(2)28-21(29)19(18-7-6-16(3)17(4)14-18)20(22(28)30)26-10-12-27(13-11-26)23-24-8-5-9-25-23/h5-9,14-15H,10-13H2,1-4H3. The maximum atomic E-state index is 13.3. The molecule has 2 aromatic rings. The quantitative estimate of drug-likeness (QED) is 0.728. The lowest BCUT2D eigenvalue weighted by molar-refractivity contribution is -0.139. The molecule has 7 nitrogen and oxygen atoms in total. The van der Waals surface area contributed by atoms with Gasteiger partial charge in [-0.3, -0.25) is 14.5 Å². The Morgan fingerprint density at radius 1 is 0.867 bits per heavy atom. The molecule has 1 aromatic heterocycles. The average molecular weight is 406 g/mol. The molecule has 0 unspecified atom stereocenters. The molecule has 156 valence electrons. The number of nitrogens with zero attached hydrogens (tertiary/aromatic N) is 5. The van der Waals surface area contributed by atoms with Gasteiger partial charge >= 0.3 is 0 Å². The van der Waals surface area contributed by atoms with Crippen LogP contribution in [0.2, 0.25) is 0 Å². The lowest BCUT2D eigenvalue weighted by atomic mass is 9.99. The van der Waals surface area contributed by atoms with E-state index in [1.54, 1.807) is 18.5 Å². The van der Waals surface area contributed by atoms with Crippen molar-refractivity contribution in [2.24, 2.45) is 0 Å². The first-order chi connectivity index (χ1) is 14.4. The summed E-state index contributed by atoms with van der Waals surface area (Å²) in [6.45, 7) is 10.5. The number of carbonyl (C=O) groups excluding carboxylic acids is 2. The van der Waals surface area contributed by atoms with Crippen LogP contribution < -0.4 is 4.90 Å². The predicted molar refractivity (Wildman–Crippen MR) is 116 cm³/mol. The third-order valence-electron chi connectivity index (χ3n) is 5.83. The number of hydrogen-bond donors (Lipinski definition) is 0. The average Bonchev–Trinajstić information content (AvgIpc) is 3.01. The Bertz CT molecular complexity index is 1010. The molecule has 0 N–H and O–H groups in total. The molecular weight excluding hydrogens is 378 g/mol. The van der Waals surface area contributed by atoms with Gasteiger partial charge in [0.15, 0.2) is 0 Å². The zero-order valence-electron chi connectivity index (χ0n) is 17.9. The van der Waals surface area contributed by atoms with Gasteiger partial charge in [0.2, 0.25) is 5.95 Å². The zero-order valence-corrected chi connectivity index (χ0v) is 17.9. The molecule has 1 aromatic carbocycles. The van der Waals surface area contributed by atoms with E-state index in [0.29, 0.717) is 43.4 Å². The highest BCUT2D eigenvalue weighted by molar-refractivity contribution is 6.35. The van der Waals surface area contributed by atoms with Crippen LogP contribution in [0.25, 0.3) is 5.57 Å². The monoisotopic (exact) mass is 405 g/mol. The summed E-state index contributed by atoms with van der Waals surface area (Å²) in [6, 6.07) is 7.57. The minimum atomic E-state index is -0.206. The molecule has 2 amide bonds. The van der Waals surface area contributed by atoms with Crippen molar-refractivity contribution in [3.63, 3.8) is 0 Å². The van der Waals surface area contributed by atoms with Crippen molar-refractivity contribution in [3.05, 3.63) is 59.0 Å². The maximum Gasteiger partial charge on any atom is 0.278 e. The lowest BCUT2D eigenvalue weighted by Crippen LogP contribution is -2.48. The largest absolute Gasteiger partial charge is 0.363 e. The highest BCUT2D eigenvalue weighted by Gasteiger charge is 2.43. The second-order valence-electron chi connectivity index (χ2n) is 8.12. The highest BCUT2D eigenvalue weighted by Crippen LogP contribution is 2.34. The van der Waals surface area contributed by atoms with Gasteiger partial charge in [-0.2, -0.15) is 0 Å². The minimum Gasteiger partial charge on any atom is -0.363 e. The SMILES string of the molecule is Cc1ccc(C2=C(N3CCN(c4ncccn4)CC3)C(=O)N(C(C)C)C2=O)cc1C. The van der Waals surface area contributed by atoms with Gasteiger partial charge in [0.25, 0.3) is 11.8 Å². The number of benzene rings is 1. The molecule has 4 rings (SSSR count). The van der Waals surface area contributed by atoms with Crippen molar-refractivity contribution in [2.45, 2.75) is 33.7 Å². The summed E-state index contributed by atoms with van der Waals surface area (Å²) < 4.78 is 0. The van der Waals surface area contributed by atoms with Crippen molar-refractivity contribution >= 4 is 23.3 Å². The number of imide groups is 1. The van der Waals surface area contributed by atoms with Crippen LogP contribution in [0.4, 0.5) is 5.95 Å². The van der Waals surface area contributed by atoms with Gasteiger partial charge in [-0.15, -0.1) is 0 Å². The number of hydrogen-bond acceptors (Lipinski definition) is 6. The Balaban J connectivity index is 1.68. The molecule has 0 atom stereocenters. The van der Waals surface area contributed by atoms with Crippen LogP contribution in [0, 0.1) is 13.8 Å². The van der Waals surface area contributed by atoms with E-state index in [-0.39, 0.29) is 17.9 Å². The second kappa shape index (κ2) is 7.89. The van der Waals surface area contributed by atoms with Crippen molar-refractivity contribution < 1.29 is 9.59 Å². The molecule has 2 aliphatic heterocycles. The Hall–Kier alpha value is -3.22. The fourth-order valence-corrected chi connectivity index (χ4v) is 4.04. The molecule has 0 saturated carbocycles. The number of amides is 2. The van der Waals surface area contributed by atoms with E-state index in [1.165, 1.54) is 4.90 Å². The molecular formula is C23H27N5O2. The molecule has 3 heterocycles. The van der Waals surface area contributed by atoms with E-state index in [4.69, 9.17) is 0 Å². The lowest BCUT2D eigenvalue weighted by Gasteiger charge is -2.36. The molecule has 0 bridgehead atoms. The first-order valence-electron chi connectivity index (χ1n) is 10.3. The summed E-state index contributed by atoms with van der Waals surface area (Å²) in [5, 5.41) is 0. The van der Waals surface area contributed by atoms with Gasteiger partial charge in [-0.1, -0.05) is 18.2 Å². The fourth-order valence-electron chi connectivity index (χ4n) is 4.04. The van der Waals surface area contributed by atoms with Crippen LogP contribution in [0.3, 0.4) is 0 Å². The van der Waals surface area contributed by atoms with Crippen molar-refractivity contribution in [2.75, 3.05) is 31.1 Å². The molecule has 30 heavy (non-hydrogen) atoms. The summed E-state index contributed by atoms with van der Waals surface area (Å²) >= 11 is 0. The Kier molecular flexibility index (Phi) is 5.28. The van der Waals surface area contributed by atoms with Gasteiger partial charge < -0.3 is 9.80 Å². The van der Waals surface area contributed by atoms with E-state index in [0.717, 1.165) is 16.7 Å². The second-order valence-corrected chi connectivity index (χ2v) is 8.12. The molecule has 0 radical (unpaired) electrons. The first kappa shape index (κ1) is 20.1. The smallest absolute Gasteiger partial charge is 0.278 e. The van der Waals surface area contributed by atoms with Crippen molar-refractivity contribution in [1.29, 1.82) is 0 Å². The van der Waals surface area contributed by atoms with Gasteiger partial charge in [0.1, 0.15) is 5.70 Å². The molecule has 0 aliphatic carbocycles. The molecule has 1 fully saturated rings. The summed E-state index contributed by atoms with van der Waals surface area (Å²) in [5.74, 6) is 0.285. The van der Waals surface area contributed by atoms with Crippen molar-refractivity contribution in [3.8, 4) is 0 Å². The van der Waals surface area contributed by atoms with Crippen LogP contribution in [0.15, 0.2) is 42.4 Å². The molecule has 7 heteroatoms. The van der Waals surface area contributed by atoms with E-state index < -0.39 is 0 Å². The number of rotatable bonds is 4. The van der Waals surface area contributed by atoms with Gasteiger partial charge in [-0.25, -0.2) is 9.97 Å². The zero-order chi connectivity index (χ0) is 21.4. The number of anilines is 1. The van der Waals surface area contributed by atoms with Gasteiger partial charge in [0, 0.05) is 44.6 Å². The van der Waals surface area contributed by atoms with Crippen LogP contribution in [0.5, 0.6) is 0 Å². The summed E-state index contributed by atoms with van der Waals surface area (Å²) in [5.41, 5.74) is 4.11. The third-order valence-corrected chi connectivity index (χ3v) is 5.83. The van der Waals surface area contributed by atoms with E-state index >= 15 is 0 Å². The Labute approximate surface area is 177 Å². The summed E-state index contributed by atoms with van der Waals surface area (Å²) in [6.07, 6.45) is 3.46. The fraction of sp³-hybridized carbons (Fsp3) is 0.391. The maximum absolute atomic E-state index is 13.3. The normalized spacial score (nSPS) is 17.6. The molecule has 0 spiro atoms. The number of piperazine rings is 1.